The van der Waals surface area contributed by atoms with Crippen LogP contribution >= 0.6 is 12.4 Å². The Morgan fingerprint density at radius 3 is 2.62 bits per heavy atom. The van der Waals surface area contributed by atoms with Crippen LogP contribution in [-0.2, 0) is 0 Å². The normalized spacial score (nSPS) is 19.9. The summed E-state index contributed by atoms with van der Waals surface area (Å²) < 4.78 is 5.79. The second kappa shape index (κ2) is 8.71. The van der Waals surface area contributed by atoms with Crippen molar-refractivity contribution in [1.29, 1.82) is 0 Å². The van der Waals surface area contributed by atoms with Crippen LogP contribution in [0.2, 0.25) is 0 Å². The van der Waals surface area contributed by atoms with E-state index >= 15 is 0 Å². The molecule has 2 atom stereocenters. The van der Waals surface area contributed by atoms with Gasteiger partial charge >= 0.3 is 0 Å². The number of benzene rings is 2. The maximum atomic E-state index is 12.5. The summed E-state index contributed by atoms with van der Waals surface area (Å²) in [6.07, 6.45) is 1.09. The van der Waals surface area contributed by atoms with Crippen LogP contribution in [0.15, 0.2) is 54.6 Å². The lowest BCUT2D eigenvalue weighted by atomic mass is 9.94. The van der Waals surface area contributed by atoms with Crippen molar-refractivity contribution in [1.82, 2.24) is 10.6 Å². The largest absolute Gasteiger partial charge is 0.457 e. The third kappa shape index (κ3) is 4.73. The van der Waals surface area contributed by atoms with Crippen LogP contribution in [0.3, 0.4) is 0 Å². The zero-order chi connectivity index (χ0) is 16.1. The molecule has 1 amide bonds. The molecule has 128 valence electrons. The molecule has 1 aliphatic heterocycles. The molecule has 0 bridgehead atoms. The van der Waals surface area contributed by atoms with Gasteiger partial charge in [-0.25, -0.2) is 0 Å². The zero-order valence-corrected chi connectivity index (χ0v) is 14.5. The van der Waals surface area contributed by atoms with Crippen LogP contribution in [0, 0.1) is 5.92 Å². The number of amides is 1. The SMILES string of the molecule is CC1CCNCC1NC(=O)c1cccc(Oc2ccccc2)c1.Cl. The highest BCUT2D eigenvalue weighted by Crippen LogP contribution is 2.22. The Balaban J connectivity index is 0.00000208. The van der Waals surface area contributed by atoms with E-state index in [2.05, 4.69) is 17.6 Å². The lowest BCUT2D eigenvalue weighted by molar-refractivity contribution is 0.0915. The number of halogens is 1. The van der Waals surface area contributed by atoms with Gasteiger partial charge in [-0.3, -0.25) is 4.79 Å². The van der Waals surface area contributed by atoms with Crippen molar-refractivity contribution in [2.24, 2.45) is 5.92 Å². The maximum Gasteiger partial charge on any atom is 0.251 e. The molecule has 0 saturated carbocycles. The Bertz CT molecular complexity index is 663. The number of ether oxygens (including phenoxy) is 1. The molecule has 0 spiro atoms. The van der Waals surface area contributed by atoms with E-state index in [1.54, 1.807) is 6.07 Å². The molecule has 2 aromatic rings. The Hall–Kier alpha value is -2.04. The van der Waals surface area contributed by atoms with E-state index in [9.17, 15) is 4.79 Å². The van der Waals surface area contributed by atoms with Crippen LogP contribution < -0.4 is 15.4 Å². The average Bonchev–Trinajstić information content (AvgIpc) is 2.58. The average molecular weight is 347 g/mol. The van der Waals surface area contributed by atoms with Crippen LogP contribution in [0.4, 0.5) is 0 Å². The maximum absolute atomic E-state index is 12.5. The quantitative estimate of drug-likeness (QED) is 0.888. The number of rotatable bonds is 4. The van der Waals surface area contributed by atoms with Crippen molar-refractivity contribution < 1.29 is 9.53 Å². The molecular weight excluding hydrogens is 324 g/mol. The van der Waals surface area contributed by atoms with E-state index in [1.165, 1.54) is 0 Å². The Morgan fingerprint density at radius 2 is 1.88 bits per heavy atom. The highest BCUT2D eigenvalue weighted by molar-refractivity contribution is 5.94. The highest BCUT2D eigenvalue weighted by atomic mass is 35.5. The number of carbonyl (C=O) groups excluding carboxylic acids is 1. The minimum atomic E-state index is -0.0518. The molecule has 1 saturated heterocycles. The molecule has 24 heavy (non-hydrogen) atoms. The first kappa shape index (κ1) is 18.3. The van der Waals surface area contributed by atoms with Gasteiger partial charge < -0.3 is 15.4 Å². The molecule has 1 heterocycles. The molecule has 0 aromatic heterocycles. The van der Waals surface area contributed by atoms with Gasteiger partial charge in [0.05, 0.1) is 0 Å². The van der Waals surface area contributed by atoms with E-state index in [1.807, 2.05) is 48.5 Å². The number of nitrogens with one attached hydrogen (secondary N) is 2. The minimum absolute atomic E-state index is 0. The van der Waals surface area contributed by atoms with Gasteiger partial charge in [0.2, 0.25) is 0 Å². The van der Waals surface area contributed by atoms with E-state index < -0.39 is 0 Å². The predicted octanol–water partition coefficient (Wildman–Crippen LogP) is 3.63. The van der Waals surface area contributed by atoms with E-state index in [0.29, 0.717) is 17.2 Å². The van der Waals surface area contributed by atoms with Gasteiger partial charge in [0.1, 0.15) is 11.5 Å². The highest BCUT2D eigenvalue weighted by Gasteiger charge is 2.23. The van der Waals surface area contributed by atoms with Gasteiger partial charge in [-0.15, -0.1) is 12.4 Å². The summed E-state index contributed by atoms with van der Waals surface area (Å²) in [5.74, 6) is 1.86. The molecule has 0 radical (unpaired) electrons. The summed E-state index contributed by atoms with van der Waals surface area (Å²) >= 11 is 0. The molecule has 2 aromatic carbocycles. The summed E-state index contributed by atoms with van der Waals surface area (Å²) in [4.78, 5) is 12.5. The van der Waals surface area contributed by atoms with E-state index in [-0.39, 0.29) is 24.4 Å². The minimum Gasteiger partial charge on any atom is -0.457 e. The predicted molar refractivity (Wildman–Crippen MR) is 98.1 cm³/mol. The van der Waals surface area contributed by atoms with Crippen molar-refractivity contribution in [3.05, 3.63) is 60.2 Å². The third-order valence-electron chi connectivity index (χ3n) is 4.22. The van der Waals surface area contributed by atoms with Crippen LogP contribution in [0.5, 0.6) is 11.5 Å². The van der Waals surface area contributed by atoms with E-state index in [4.69, 9.17) is 4.74 Å². The standard InChI is InChI=1S/C19H22N2O2.ClH/c1-14-10-11-20-13-18(14)21-19(22)15-6-5-9-17(12-15)23-16-7-3-2-4-8-16;/h2-9,12,14,18,20H,10-11,13H2,1H3,(H,21,22);1H. The van der Waals surface area contributed by atoms with Gasteiger partial charge in [0.25, 0.3) is 5.91 Å². The lowest BCUT2D eigenvalue weighted by Crippen LogP contribution is -2.50. The fourth-order valence-electron chi connectivity index (χ4n) is 2.76. The molecule has 1 aliphatic rings. The van der Waals surface area contributed by atoms with Crippen molar-refractivity contribution in [2.75, 3.05) is 13.1 Å². The molecule has 3 rings (SSSR count). The van der Waals surface area contributed by atoms with Crippen LogP contribution in [-0.4, -0.2) is 25.0 Å². The molecule has 1 fully saturated rings. The van der Waals surface area contributed by atoms with Crippen molar-refractivity contribution >= 4 is 18.3 Å². The third-order valence-corrected chi connectivity index (χ3v) is 4.22. The first-order chi connectivity index (χ1) is 11.2. The van der Waals surface area contributed by atoms with Gasteiger partial charge in [0.15, 0.2) is 0 Å². The number of carbonyl (C=O) groups is 1. The monoisotopic (exact) mass is 346 g/mol. The number of para-hydroxylation sites is 1. The second-order valence-electron chi connectivity index (χ2n) is 5.99. The van der Waals surface area contributed by atoms with Crippen molar-refractivity contribution in [3.63, 3.8) is 0 Å². The summed E-state index contributed by atoms with van der Waals surface area (Å²) in [7, 11) is 0. The summed E-state index contributed by atoms with van der Waals surface area (Å²) in [6, 6.07) is 17.0. The summed E-state index contributed by atoms with van der Waals surface area (Å²) in [5, 5.41) is 6.45. The summed E-state index contributed by atoms with van der Waals surface area (Å²) in [5.41, 5.74) is 0.621. The molecule has 4 nitrogen and oxygen atoms in total. The van der Waals surface area contributed by atoms with Gasteiger partial charge in [0, 0.05) is 18.2 Å². The molecular formula is C19H23ClN2O2. The molecule has 2 N–H and O–H groups in total. The zero-order valence-electron chi connectivity index (χ0n) is 13.7. The number of hydrogen-bond acceptors (Lipinski definition) is 3. The Morgan fingerprint density at radius 1 is 1.12 bits per heavy atom. The molecule has 0 aliphatic carbocycles. The van der Waals surface area contributed by atoms with Gasteiger partial charge in [-0.1, -0.05) is 31.2 Å². The first-order valence-corrected chi connectivity index (χ1v) is 8.07. The Labute approximate surface area is 149 Å². The van der Waals surface area contributed by atoms with Gasteiger partial charge in [-0.05, 0) is 49.2 Å². The topological polar surface area (TPSA) is 50.4 Å². The van der Waals surface area contributed by atoms with Crippen molar-refractivity contribution in [3.8, 4) is 11.5 Å². The second-order valence-corrected chi connectivity index (χ2v) is 5.99. The van der Waals surface area contributed by atoms with Crippen LogP contribution in [0.1, 0.15) is 23.7 Å². The fourth-order valence-corrected chi connectivity index (χ4v) is 2.76. The fraction of sp³-hybridized carbons (Fsp3) is 0.316. The number of piperidine rings is 1. The smallest absolute Gasteiger partial charge is 0.251 e. The molecule has 5 heteroatoms. The molecule has 2 unspecified atom stereocenters. The van der Waals surface area contributed by atoms with Crippen molar-refractivity contribution in [2.45, 2.75) is 19.4 Å². The summed E-state index contributed by atoms with van der Waals surface area (Å²) in [6.45, 7) is 4.03. The first-order valence-electron chi connectivity index (χ1n) is 8.07. The van der Waals surface area contributed by atoms with E-state index in [0.717, 1.165) is 25.3 Å². The Kier molecular flexibility index (Phi) is 6.64. The number of hydrogen-bond donors (Lipinski definition) is 2. The lowest BCUT2D eigenvalue weighted by Gasteiger charge is -2.30. The van der Waals surface area contributed by atoms with Crippen LogP contribution in [0.25, 0.3) is 0 Å². The van der Waals surface area contributed by atoms with Gasteiger partial charge in [-0.2, -0.15) is 0 Å².